The minimum atomic E-state index is -0.773. The summed E-state index contributed by atoms with van der Waals surface area (Å²) in [6.07, 6.45) is 4.26. The van der Waals surface area contributed by atoms with Crippen LogP contribution < -0.4 is 5.32 Å². The average molecular weight is 331 g/mol. The van der Waals surface area contributed by atoms with Gasteiger partial charge in [0.15, 0.2) is 0 Å². The number of aryl methyl sites for hydroxylation is 2. The second kappa shape index (κ2) is 6.54. The highest BCUT2D eigenvalue weighted by Gasteiger charge is 2.30. The van der Waals surface area contributed by atoms with E-state index in [4.69, 9.17) is 5.11 Å². The Morgan fingerprint density at radius 3 is 2.88 bits per heavy atom. The molecule has 2 aromatic heterocycles. The van der Waals surface area contributed by atoms with Crippen molar-refractivity contribution in [2.75, 3.05) is 0 Å². The van der Waals surface area contributed by atoms with Crippen LogP contribution >= 0.6 is 0 Å². The molecule has 1 aliphatic rings. The van der Waals surface area contributed by atoms with Crippen molar-refractivity contribution < 1.29 is 14.7 Å². The van der Waals surface area contributed by atoms with Crippen LogP contribution in [0.15, 0.2) is 6.33 Å². The lowest BCUT2D eigenvalue weighted by Crippen LogP contribution is -2.33. The van der Waals surface area contributed by atoms with Crippen LogP contribution in [0.1, 0.15) is 42.6 Å². The number of aliphatic carboxylic acids is 1. The molecular formula is C16H21N5O3. The summed E-state index contributed by atoms with van der Waals surface area (Å²) in [6.45, 7) is 3.85. The summed E-state index contributed by atoms with van der Waals surface area (Å²) in [4.78, 5) is 31.6. The summed E-state index contributed by atoms with van der Waals surface area (Å²) in [7, 11) is 0. The topological polar surface area (TPSA) is 109 Å². The van der Waals surface area contributed by atoms with Crippen LogP contribution in [0.2, 0.25) is 0 Å². The van der Waals surface area contributed by atoms with E-state index in [0.717, 1.165) is 23.4 Å². The van der Waals surface area contributed by atoms with Crippen molar-refractivity contribution in [2.24, 2.45) is 5.92 Å². The van der Waals surface area contributed by atoms with Crippen molar-refractivity contribution >= 4 is 17.7 Å². The molecule has 0 spiro atoms. The molecule has 0 radical (unpaired) electrons. The van der Waals surface area contributed by atoms with Crippen LogP contribution in [-0.2, 0) is 16.0 Å². The molecule has 1 aliphatic carbocycles. The number of carbonyl (C=O) groups is 2. The standard InChI is InChI=1S/C16H21N5O3/c1-9-13(10(2)21-16(19-9)17-8-18-21)5-6-14(22)20-12-4-3-11(7-12)15(23)24/h8,11-12H,3-7H2,1-2H3,(H,20,22)(H,23,24)/t11-,12+/m0/s1. The van der Waals surface area contributed by atoms with Crippen molar-refractivity contribution in [1.82, 2.24) is 24.9 Å². The van der Waals surface area contributed by atoms with Crippen molar-refractivity contribution in [3.8, 4) is 0 Å². The van der Waals surface area contributed by atoms with Crippen LogP contribution in [0, 0.1) is 19.8 Å². The summed E-state index contributed by atoms with van der Waals surface area (Å²) in [5, 5.41) is 16.1. The molecule has 2 heterocycles. The largest absolute Gasteiger partial charge is 0.481 e. The van der Waals surface area contributed by atoms with E-state index >= 15 is 0 Å². The van der Waals surface area contributed by atoms with Gasteiger partial charge in [-0.05, 0) is 45.1 Å². The van der Waals surface area contributed by atoms with E-state index in [-0.39, 0.29) is 17.9 Å². The number of carboxylic acid groups (broad SMARTS) is 1. The number of rotatable bonds is 5. The van der Waals surface area contributed by atoms with Crippen molar-refractivity contribution in [2.45, 2.75) is 52.0 Å². The molecule has 0 saturated heterocycles. The van der Waals surface area contributed by atoms with Gasteiger partial charge in [-0.2, -0.15) is 10.1 Å². The van der Waals surface area contributed by atoms with E-state index in [1.54, 1.807) is 4.52 Å². The molecule has 0 aromatic carbocycles. The smallest absolute Gasteiger partial charge is 0.306 e. The van der Waals surface area contributed by atoms with Gasteiger partial charge in [-0.1, -0.05) is 0 Å². The first-order chi connectivity index (χ1) is 11.5. The van der Waals surface area contributed by atoms with Gasteiger partial charge in [0, 0.05) is 23.9 Å². The second-order valence-corrected chi connectivity index (χ2v) is 6.35. The van der Waals surface area contributed by atoms with Crippen LogP contribution in [0.25, 0.3) is 5.78 Å². The van der Waals surface area contributed by atoms with Gasteiger partial charge in [0.1, 0.15) is 6.33 Å². The maximum absolute atomic E-state index is 12.2. The molecule has 24 heavy (non-hydrogen) atoms. The van der Waals surface area contributed by atoms with Gasteiger partial charge in [0.25, 0.3) is 5.78 Å². The van der Waals surface area contributed by atoms with Crippen LogP contribution in [0.4, 0.5) is 0 Å². The molecule has 8 heteroatoms. The molecule has 8 nitrogen and oxygen atoms in total. The molecule has 0 bridgehead atoms. The third kappa shape index (κ3) is 3.22. The Kier molecular flexibility index (Phi) is 4.46. The Hall–Kier alpha value is -2.51. The number of carboxylic acids is 1. The van der Waals surface area contributed by atoms with Crippen LogP contribution in [0.3, 0.4) is 0 Å². The number of hydrogen-bond acceptors (Lipinski definition) is 5. The van der Waals surface area contributed by atoms with E-state index in [1.165, 1.54) is 6.33 Å². The number of carbonyl (C=O) groups excluding carboxylic acids is 1. The zero-order valence-electron chi connectivity index (χ0n) is 13.8. The number of hydrogen-bond donors (Lipinski definition) is 2. The average Bonchev–Trinajstić information content (AvgIpc) is 3.16. The molecule has 0 unspecified atom stereocenters. The van der Waals surface area contributed by atoms with Gasteiger partial charge in [-0.15, -0.1) is 0 Å². The van der Waals surface area contributed by atoms with E-state index in [9.17, 15) is 9.59 Å². The summed E-state index contributed by atoms with van der Waals surface area (Å²) in [5.41, 5.74) is 2.79. The first-order valence-electron chi connectivity index (χ1n) is 8.13. The Morgan fingerprint density at radius 2 is 2.17 bits per heavy atom. The van der Waals surface area contributed by atoms with Gasteiger partial charge in [0.2, 0.25) is 5.91 Å². The molecule has 1 amide bonds. The van der Waals surface area contributed by atoms with Crippen molar-refractivity contribution in [3.63, 3.8) is 0 Å². The third-order valence-corrected chi connectivity index (χ3v) is 4.74. The summed E-state index contributed by atoms with van der Waals surface area (Å²) < 4.78 is 1.68. The Bertz CT molecular complexity index is 785. The molecule has 2 atom stereocenters. The molecular weight excluding hydrogens is 310 g/mol. The maximum Gasteiger partial charge on any atom is 0.306 e. The van der Waals surface area contributed by atoms with Gasteiger partial charge >= 0.3 is 5.97 Å². The van der Waals surface area contributed by atoms with Gasteiger partial charge in [0.05, 0.1) is 5.92 Å². The quantitative estimate of drug-likeness (QED) is 0.847. The number of nitrogens with one attached hydrogen (secondary N) is 1. The summed E-state index contributed by atoms with van der Waals surface area (Å²) in [5.74, 6) is -0.601. The zero-order valence-corrected chi connectivity index (χ0v) is 13.8. The monoisotopic (exact) mass is 331 g/mol. The summed E-state index contributed by atoms with van der Waals surface area (Å²) >= 11 is 0. The minimum absolute atomic E-state index is 0.0308. The zero-order chi connectivity index (χ0) is 17.3. The summed E-state index contributed by atoms with van der Waals surface area (Å²) in [6, 6.07) is -0.0308. The van der Waals surface area contributed by atoms with E-state index in [2.05, 4.69) is 20.4 Å². The number of aromatic nitrogens is 4. The normalized spacial score (nSPS) is 20.4. The lowest BCUT2D eigenvalue weighted by atomic mass is 10.1. The van der Waals surface area contributed by atoms with Gasteiger partial charge in [-0.3, -0.25) is 9.59 Å². The number of amides is 1. The molecule has 3 rings (SSSR count). The molecule has 2 aromatic rings. The third-order valence-electron chi connectivity index (χ3n) is 4.74. The predicted octanol–water partition coefficient (Wildman–Crippen LogP) is 1.04. The fraction of sp³-hybridized carbons (Fsp3) is 0.562. The first-order valence-corrected chi connectivity index (χ1v) is 8.13. The Labute approximate surface area is 139 Å². The van der Waals surface area contributed by atoms with E-state index < -0.39 is 5.97 Å². The second-order valence-electron chi connectivity index (χ2n) is 6.35. The predicted molar refractivity (Wildman–Crippen MR) is 85.5 cm³/mol. The van der Waals surface area contributed by atoms with E-state index in [0.29, 0.717) is 31.5 Å². The van der Waals surface area contributed by atoms with Crippen LogP contribution in [0.5, 0.6) is 0 Å². The highest BCUT2D eigenvalue weighted by atomic mass is 16.4. The van der Waals surface area contributed by atoms with Crippen molar-refractivity contribution in [1.29, 1.82) is 0 Å². The maximum atomic E-state index is 12.2. The lowest BCUT2D eigenvalue weighted by Gasteiger charge is -2.14. The highest BCUT2D eigenvalue weighted by Crippen LogP contribution is 2.25. The van der Waals surface area contributed by atoms with Crippen molar-refractivity contribution in [3.05, 3.63) is 23.3 Å². The molecule has 2 N–H and O–H groups in total. The molecule has 1 saturated carbocycles. The SMILES string of the molecule is Cc1nc2ncnn2c(C)c1CCC(=O)N[C@@H]1CC[C@H](C(=O)O)C1. The fourth-order valence-corrected chi connectivity index (χ4v) is 3.39. The molecule has 128 valence electrons. The number of nitrogens with zero attached hydrogens (tertiary/aromatic N) is 4. The fourth-order valence-electron chi connectivity index (χ4n) is 3.39. The highest BCUT2D eigenvalue weighted by molar-refractivity contribution is 5.77. The van der Waals surface area contributed by atoms with E-state index in [1.807, 2.05) is 13.8 Å². The van der Waals surface area contributed by atoms with Gasteiger partial charge in [-0.25, -0.2) is 9.50 Å². The van der Waals surface area contributed by atoms with Gasteiger partial charge < -0.3 is 10.4 Å². The Morgan fingerprint density at radius 1 is 1.38 bits per heavy atom. The molecule has 1 fully saturated rings. The molecule has 0 aliphatic heterocycles. The van der Waals surface area contributed by atoms with Crippen LogP contribution in [-0.4, -0.2) is 42.6 Å². The minimum Gasteiger partial charge on any atom is -0.481 e. The lowest BCUT2D eigenvalue weighted by molar-refractivity contribution is -0.141. The first kappa shape index (κ1) is 16.4. The Balaban J connectivity index is 1.60. The number of fused-ring (bicyclic) bond motifs is 1.